The van der Waals surface area contributed by atoms with Crippen molar-refractivity contribution in [1.82, 2.24) is 24.5 Å². The molecular weight excluding hydrogens is 366 g/mol. The third kappa shape index (κ3) is 3.19. The Kier molecular flexibility index (Phi) is 4.61. The standard InChI is InChI=1S/C18H23N5O3S/c1-9(24)7-22(8-10(2)25)18(26)15-20-16-14-12-5-4-6-13(12)27-17(14)19-11(3)23(16)21-15/h9-10,24-25H,4-8H2,1-3H3. The fourth-order valence-electron chi connectivity index (χ4n) is 3.70. The molecule has 3 heterocycles. The lowest BCUT2D eigenvalue weighted by Crippen LogP contribution is -2.41. The Hall–Kier alpha value is -2.10. The zero-order valence-corrected chi connectivity index (χ0v) is 16.5. The fourth-order valence-corrected chi connectivity index (χ4v) is 5.00. The summed E-state index contributed by atoms with van der Waals surface area (Å²) in [5.74, 6) is 0.341. The first-order chi connectivity index (χ1) is 12.8. The molecule has 2 N–H and O–H groups in total. The van der Waals surface area contributed by atoms with Crippen molar-refractivity contribution < 1.29 is 15.0 Å². The summed E-state index contributed by atoms with van der Waals surface area (Å²) in [4.78, 5) is 25.8. The zero-order chi connectivity index (χ0) is 19.3. The van der Waals surface area contributed by atoms with E-state index in [1.165, 1.54) is 15.3 Å². The van der Waals surface area contributed by atoms with Gasteiger partial charge in [-0.3, -0.25) is 4.79 Å². The molecule has 8 nitrogen and oxygen atoms in total. The minimum Gasteiger partial charge on any atom is -0.392 e. The molecule has 2 unspecified atom stereocenters. The summed E-state index contributed by atoms with van der Waals surface area (Å²) in [7, 11) is 0. The van der Waals surface area contributed by atoms with Crippen molar-refractivity contribution in [1.29, 1.82) is 0 Å². The van der Waals surface area contributed by atoms with E-state index in [9.17, 15) is 15.0 Å². The summed E-state index contributed by atoms with van der Waals surface area (Å²) >= 11 is 1.70. The van der Waals surface area contributed by atoms with Crippen LogP contribution in [0.25, 0.3) is 15.9 Å². The van der Waals surface area contributed by atoms with Gasteiger partial charge < -0.3 is 15.1 Å². The first kappa shape index (κ1) is 18.3. The van der Waals surface area contributed by atoms with Gasteiger partial charge in [0.1, 0.15) is 10.7 Å². The van der Waals surface area contributed by atoms with E-state index in [4.69, 9.17) is 0 Å². The number of carbonyl (C=O) groups is 1. The van der Waals surface area contributed by atoms with Crippen LogP contribution < -0.4 is 0 Å². The van der Waals surface area contributed by atoms with Gasteiger partial charge in [-0.2, -0.15) is 4.52 Å². The molecule has 3 aromatic heterocycles. The third-order valence-corrected chi connectivity index (χ3v) is 5.94. The molecule has 0 aliphatic heterocycles. The Balaban J connectivity index is 1.81. The van der Waals surface area contributed by atoms with Gasteiger partial charge in [-0.05, 0) is 45.6 Å². The molecule has 9 heteroatoms. The first-order valence-corrected chi connectivity index (χ1v) is 9.99. The Bertz CT molecular complexity index is 1010. The average molecular weight is 389 g/mol. The lowest BCUT2D eigenvalue weighted by molar-refractivity contribution is 0.0507. The third-order valence-electron chi connectivity index (χ3n) is 4.75. The van der Waals surface area contributed by atoms with Crippen molar-refractivity contribution >= 4 is 33.1 Å². The molecule has 0 fully saturated rings. The van der Waals surface area contributed by atoms with Gasteiger partial charge in [0.15, 0.2) is 5.65 Å². The lowest BCUT2D eigenvalue weighted by atomic mass is 10.2. The van der Waals surface area contributed by atoms with E-state index in [1.54, 1.807) is 29.7 Å². The minimum absolute atomic E-state index is 0.0617. The van der Waals surface area contributed by atoms with Crippen LogP contribution in [0.3, 0.4) is 0 Å². The molecule has 0 saturated heterocycles. The molecule has 1 amide bonds. The summed E-state index contributed by atoms with van der Waals surface area (Å²) in [6, 6.07) is 0. The zero-order valence-electron chi connectivity index (χ0n) is 15.6. The SMILES string of the molecule is Cc1nc2sc3c(c2c2nc(C(=O)N(CC(C)O)CC(C)O)nn12)CCC3. The number of amides is 1. The monoisotopic (exact) mass is 389 g/mol. The molecule has 3 aromatic rings. The van der Waals surface area contributed by atoms with E-state index in [2.05, 4.69) is 15.1 Å². The minimum atomic E-state index is -0.708. The number of nitrogens with zero attached hydrogens (tertiary/aromatic N) is 5. The van der Waals surface area contributed by atoms with Gasteiger partial charge in [0, 0.05) is 18.0 Å². The molecule has 1 aliphatic rings. The van der Waals surface area contributed by atoms with Gasteiger partial charge in [-0.1, -0.05) is 0 Å². The van der Waals surface area contributed by atoms with Gasteiger partial charge in [0.2, 0.25) is 5.82 Å². The quantitative estimate of drug-likeness (QED) is 0.682. The maximum Gasteiger partial charge on any atom is 0.293 e. The topological polar surface area (TPSA) is 104 Å². The Morgan fingerprint density at radius 3 is 2.59 bits per heavy atom. The summed E-state index contributed by atoms with van der Waals surface area (Å²) < 4.78 is 1.63. The number of fused-ring (bicyclic) bond motifs is 5. The summed E-state index contributed by atoms with van der Waals surface area (Å²) in [6.07, 6.45) is 1.79. The maximum atomic E-state index is 13.0. The summed E-state index contributed by atoms with van der Waals surface area (Å²) in [5, 5.41) is 24.8. The summed E-state index contributed by atoms with van der Waals surface area (Å²) in [5.41, 5.74) is 1.94. The van der Waals surface area contributed by atoms with Crippen molar-refractivity contribution in [3.8, 4) is 0 Å². The molecule has 27 heavy (non-hydrogen) atoms. The van der Waals surface area contributed by atoms with Crippen molar-refractivity contribution in [3.63, 3.8) is 0 Å². The van der Waals surface area contributed by atoms with E-state index >= 15 is 0 Å². The highest BCUT2D eigenvalue weighted by atomic mass is 32.1. The number of carbonyl (C=O) groups excluding carboxylic acids is 1. The molecule has 2 atom stereocenters. The Morgan fingerprint density at radius 1 is 1.22 bits per heavy atom. The van der Waals surface area contributed by atoms with Gasteiger partial charge in [0.25, 0.3) is 5.91 Å². The molecule has 0 saturated carbocycles. The predicted molar refractivity (Wildman–Crippen MR) is 102 cm³/mol. The van der Waals surface area contributed by atoms with Crippen molar-refractivity contribution in [3.05, 3.63) is 22.1 Å². The second-order valence-corrected chi connectivity index (χ2v) is 8.36. The van der Waals surface area contributed by atoms with Gasteiger partial charge >= 0.3 is 0 Å². The van der Waals surface area contributed by atoms with E-state index in [0.29, 0.717) is 11.5 Å². The summed E-state index contributed by atoms with van der Waals surface area (Å²) in [6.45, 7) is 5.28. The van der Waals surface area contributed by atoms with E-state index in [1.807, 2.05) is 6.92 Å². The van der Waals surface area contributed by atoms with Crippen molar-refractivity contribution in [2.45, 2.75) is 52.2 Å². The van der Waals surface area contributed by atoms with Crippen LogP contribution in [0.4, 0.5) is 0 Å². The number of hydrogen-bond donors (Lipinski definition) is 2. The second-order valence-electron chi connectivity index (χ2n) is 7.28. The normalized spacial score (nSPS) is 16.0. The number of aliphatic hydroxyl groups is 2. The van der Waals surface area contributed by atoms with Crippen LogP contribution in [-0.2, 0) is 12.8 Å². The maximum absolute atomic E-state index is 13.0. The molecule has 0 radical (unpaired) electrons. The largest absolute Gasteiger partial charge is 0.392 e. The van der Waals surface area contributed by atoms with Crippen molar-refractivity contribution in [2.75, 3.05) is 13.1 Å². The Morgan fingerprint density at radius 2 is 1.93 bits per heavy atom. The van der Waals surface area contributed by atoms with Gasteiger partial charge in [-0.15, -0.1) is 16.4 Å². The van der Waals surface area contributed by atoms with Gasteiger partial charge in [0.05, 0.1) is 17.6 Å². The van der Waals surface area contributed by atoms with Crippen LogP contribution in [0.5, 0.6) is 0 Å². The molecule has 0 bridgehead atoms. The number of aromatic nitrogens is 4. The highest BCUT2D eigenvalue weighted by Crippen LogP contribution is 2.38. The average Bonchev–Trinajstić information content (AvgIpc) is 3.25. The molecule has 1 aliphatic carbocycles. The number of rotatable bonds is 5. The van der Waals surface area contributed by atoms with Crippen LogP contribution >= 0.6 is 11.3 Å². The number of hydrogen-bond acceptors (Lipinski definition) is 7. The highest BCUT2D eigenvalue weighted by Gasteiger charge is 2.27. The molecule has 4 rings (SSSR count). The number of aryl methyl sites for hydroxylation is 3. The highest BCUT2D eigenvalue weighted by molar-refractivity contribution is 7.19. The predicted octanol–water partition coefficient (Wildman–Crippen LogP) is 1.34. The smallest absolute Gasteiger partial charge is 0.293 e. The van der Waals surface area contributed by atoms with Crippen LogP contribution in [0.1, 0.15) is 47.2 Å². The number of thiophene rings is 1. The van der Waals surface area contributed by atoms with Crippen LogP contribution in [0, 0.1) is 6.92 Å². The van der Waals surface area contributed by atoms with E-state index in [-0.39, 0.29) is 18.9 Å². The fraction of sp³-hybridized carbons (Fsp3) is 0.556. The first-order valence-electron chi connectivity index (χ1n) is 9.18. The molecule has 0 spiro atoms. The van der Waals surface area contributed by atoms with Crippen LogP contribution in [0.15, 0.2) is 0 Å². The second kappa shape index (κ2) is 6.81. The lowest BCUT2D eigenvalue weighted by Gasteiger charge is -2.23. The molecule has 0 aromatic carbocycles. The number of aliphatic hydroxyl groups excluding tert-OH is 2. The molecular formula is C18H23N5O3S. The Labute approximate surface area is 160 Å². The van der Waals surface area contributed by atoms with E-state index in [0.717, 1.165) is 29.5 Å². The van der Waals surface area contributed by atoms with Crippen LogP contribution in [0.2, 0.25) is 0 Å². The molecule has 144 valence electrons. The van der Waals surface area contributed by atoms with Crippen LogP contribution in [-0.4, -0.2) is 65.9 Å². The van der Waals surface area contributed by atoms with Gasteiger partial charge in [-0.25, -0.2) is 9.97 Å². The van der Waals surface area contributed by atoms with Crippen molar-refractivity contribution in [2.24, 2.45) is 0 Å². The van der Waals surface area contributed by atoms with E-state index < -0.39 is 18.1 Å².